The van der Waals surface area contributed by atoms with E-state index in [1.165, 1.54) is 0 Å². The van der Waals surface area contributed by atoms with Crippen LogP contribution in [0.1, 0.15) is 0 Å². The van der Waals surface area contributed by atoms with Crippen LogP contribution in [0.25, 0.3) is 28.1 Å². The van der Waals surface area contributed by atoms with E-state index < -0.39 is 0 Å². The molecule has 0 N–H and O–H groups in total. The van der Waals surface area contributed by atoms with E-state index in [0.29, 0.717) is 0 Å². The molecule has 1 aromatic carbocycles. The van der Waals surface area contributed by atoms with E-state index in [1.54, 1.807) is 0 Å². The molecule has 0 saturated carbocycles. The minimum absolute atomic E-state index is 0.755. The van der Waals surface area contributed by atoms with Crippen LogP contribution in [0.3, 0.4) is 0 Å². The summed E-state index contributed by atoms with van der Waals surface area (Å²) in [5, 5.41) is 9.48. The Labute approximate surface area is 123 Å². The Balaban J connectivity index is 1.96. The highest BCUT2D eigenvalue weighted by Crippen LogP contribution is 2.22. The van der Waals surface area contributed by atoms with Gasteiger partial charge in [-0.25, -0.2) is 4.98 Å². The van der Waals surface area contributed by atoms with E-state index in [-0.39, 0.29) is 0 Å². The summed E-state index contributed by atoms with van der Waals surface area (Å²) < 4.78 is 2.99. The van der Waals surface area contributed by atoms with Crippen LogP contribution in [-0.2, 0) is 0 Å². The highest BCUT2D eigenvalue weighted by molar-refractivity contribution is 9.10. The molecule has 4 aromatic rings. The minimum Gasteiger partial charge on any atom is -0.281 e. The summed E-state index contributed by atoms with van der Waals surface area (Å²) in [6.07, 6.45) is 1.94. The van der Waals surface area contributed by atoms with E-state index in [9.17, 15) is 0 Å². The predicted molar refractivity (Wildman–Crippen MR) is 81.4 cm³/mol. The zero-order chi connectivity index (χ0) is 13.5. The second-order valence-electron chi connectivity index (χ2n) is 4.49. The zero-order valence-corrected chi connectivity index (χ0v) is 11.9. The van der Waals surface area contributed by atoms with Gasteiger partial charge in [-0.1, -0.05) is 28.1 Å². The molecular formula is C15H9BrN4. The number of hydrogen-bond acceptors (Lipinski definition) is 3. The molecule has 0 aliphatic carbocycles. The summed E-state index contributed by atoms with van der Waals surface area (Å²) in [6, 6.07) is 15.9. The molecule has 0 saturated heterocycles. The van der Waals surface area contributed by atoms with E-state index in [1.807, 2.05) is 59.1 Å². The molecular weight excluding hydrogens is 316 g/mol. The summed E-state index contributed by atoms with van der Waals surface area (Å²) >= 11 is 3.47. The van der Waals surface area contributed by atoms with Crippen molar-refractivity contribution in [1.82, 2.24) is 19.6 Å². The van der Waals surface area contributed by atoms with Gasteiger partial charge in [0.15, 0.2) is 11.5 Å². The maximum absolute atomic E-state index is 4.66. The molecule has 0 aliphatic heterocycles. The van der Waals surface area contributed by atoms with Gasteiger partial charge in [0.25, 0.3) is 0 Å². The average Bonchev–Trinajstić information content (AvgIpc) is 2.91. The van der Waals surface area contributed by atoms with Gasteiger partial charge in [-0.05, 0) is 36.4 Å². The van der Waals surface area contributed by atoms with Gasteiger partial charge in [0, 0.05) is 16.1 Å². The predicted octanol–water partition coefficient (Wildman–Crippen LogP) is 3.71. The van der Waals surface area contributed by atoms with Crippen molar-refractivity contribution in [2.75, 3.05) is 0 Å². The first-order chi connectivity index (χ1) is 9.81. The molecule has 0 spiro atoms. The summed E-state index contributed by atoms with van der Waals surface area (Å²) in [4.78, 5) is 4.66. The molecule has 0 radical (unpaired) electrons. The normalized spacial score (nSPS) is 11.2. The summed E-state index contributed by atoms with van der Waals surface area (Å²) in [5.74, 6) is 0.755. The van der Waals surface area contributed by atoms with E-state index in [2.05, 4.69) is 31.1 Å². The molecule has 0 atom stereocenters. The van der Waals surface area contributed by atoms with Crippen LogP contribution in [0.5, 0.6) is 0 Å². The zero-order valence-electron chi connectivity index (χ0n) is 10.4. The lowest BCUT2D eigenvalue weighted by Gasteiger charge is -2.02. The van der Waals surface area contributed by atoms with Crippen LogP contribution in [0, 0.1) is 0 Å². The van der Waals surface area contributed by atoms with Crippen molar-refractivity contribution in [3.8, 4) is 11.5 Å². The molecule has 0 bridgehead atoms. The van der Waals surface area contributed by atoms with Gasteiger partial charge in [0.2, 0.25) is 0 Å². The van der Waals surface area contributed by atoms with Crippen molar-refractivity contribution in [3.05, 3.63) is 59.2 Å². The highest BCUT2D eigenvalue weighted by Gasteiger charge is 2.09. The Morgan fingerprint density at radius 1 is 0.950 bits per heavy atom. The van der Waals surface area contributed by atoms with Gasteiger partial charge >= 0.3 is 0 Å². The lowest BCUT2D eigenvalue weighted by molar-refractivity contribution is 1.10. The fraction of sp³-hybridized carbons (Fsp3) is 0. The number of hydrogen-bond donors (Lipinski definition) is 0. The first-order valence-electron chi connectivity index (χ1n) is 6.18. The van der Waals surface area contributed by atoms with Gasteiger partial charge in [-0.2, -0.15) is 0 Å². The van der Waals surface area contributed by atoms with Gasteiger partial charge in [-0.3, -0.25) is 4.40 Å². The Morgan fingerprint density at radius 2 is 1.90 bits per heavy atom. The molecule has 0 aliphatic rings. The van der Waals surface area contributed by atoms with Crippen LogP contribution in [0.2, 0.25) is 0 Å². The van der Waals surface area contributed by atoms with Crippen molar-refractivity contribution in [1.29, 1.82) is 0 Å². The van der Waals surface area contributed by atoms with Crippen molar-refractivity contribution in [2.24, 2.45) is 0 Å². The summed E-state index contributed by atoms with van der Waals surface area (Å²) in [6.45, 7) is 0. The first-order valence-corrected chi connectivity index (χ1v) is 6.97. The van der Waals surface area contributed by atoms with Gasteiger partial charge < -0.3 is 0 Å². The summed E-state index contributed by atoms with van der Waals surface area (Å²) in [5.41, 5.74) is 2.58. The monoisotopic (exact) mass is 324 g/mol. The second-order valence-corrected chi connectivity index (χ2v) is 5.40. The van der Waals surface area contributed by atoms with Crippen LogP contribution in [0.15, 0.2) is 59.2 Å². The number of pyridine rings is 2. The third-order valence-corrected chi connectivity index (χ3v) is 3.69. The smallest absolute Gasteiger partial charge is 0.187 e. The minimum atomic E-state index is 0.755. The Hall–Kier alpha value is -2.27. The van der Waals surface area contributed by atoms with Gasteiger partial charge in [0.05, 0.1) is 5.52 Å². The van der Waals surface area contributed by atoms with Crippen LogP contribution in [0.4, 0.5) is 0 Å². The number of fused-ring (bicyclic) bond motifs is 2. The average molecular weight is 325 g/mol. The van der Waals surface area contributed by atoms with E-state index in [4.69, 9.17) is 0 Å². The quantitative estimate of drug-likeness (QED) is 0.536. The van der Waals surface area contributed by atoms with Crippen molar-refractivity contribution in [3.63, 3.8) is 0 Å². The molecule has 5 heteroatoms. The van der Waals surface area contributed by atoms with E-state index >= 15 is 0 Å². The van der Waals surface area contributed by atoms with Crippen LogP contribution < -0.4 is 0 Å². The van der Waals surface area contributed by atoms with Gasteiger partial charge in [-0.15, -0.1) is 10.2 Å². The number of benzene rings is 1. The number of rotatable bonds is 1. The molecule has 20 heavy (non-hydrogen) atoms. The molecule has 96 valence electrons. The third-order valence-electron chi connectivity index (χ3n) is 3.19. The topological polar surface area (TPSA) is 43.1 Å². The standard InChI is InChI=1S/C15H9BrN4/c16-11-5-7-12-10(9-11)4-6-13(17-12)15-19-18-14-3-1-2-8-20(14)15/h1-9H. The molecule has 0 amide bonds. The SMILES string of the molecule is Brc1ccc2nc(-c3nnc4ccccn34)ccc2c1. The first kappa shape index (κ1) is 11.5. The number of nitrogens with zero attached hydrogens (tertiary/aromatic N) is 4. The lowest BCUT2D eigenvalue weighted by Crippen LogP contribution is -1.92. The third kappa shape index (κ3) is 1.78. The maximum atomic E-state index is 4.66. The molecule has 3 heterocycles. The molecule has 4 rings (SSSR count). The summed E-state index contributed by atoms with van der Waals surface area (Å²) in [7, 11) is 0. The Kier molecular flexibility index (Phi) is 2.53. The second kappa shape index (κ2) is 4.38. The largest absolute Gasteiger partial charge is 0.281 e. The molecule has 3 aromatic heterocycles. The van der Waals surface area contributed by atoms with Crippen LogP contribution in [-0.4, -0.2) is 19.6 Å². The van der Waals surface area contributed by atoms with Gasteiger partial charge in [0.1, 0.15) is 5.69 Å². The lowest BCUT2D eigenvalue weighted by atomic mass is 10.2. The van der Waals surface area contributed by atoms with Crippen molar-refractivity contribution >= 4 is 32.5 Å². The molecule has 0 unspecified atom stereocenters. The fourth-order valence-electron chi connectivity index (χ4n) is 2.24. The Bertz CT molecular complexity index is 929. The van der Waals surface area contributed by atoms with Crippen molar-refractivity contribution < 1.29 is 0 Å². The van der Waals surface area contributed by atoms with Crippen molar-refractivity contribution in [2.45, 2.75) is 0 Å². The van der Waals surface area contributed by atoms with Crippen LogP contribution >= 0.6 is 15.9 Å². The molecule has 4 nitrogen and oxygen atoms in total. The maximum Gasteiger partial charge on any atom is 0.187 e. The fourth-order valence-corrected chi connectivity index (χ4v) is 2.62. The Morgan fingerprint density at radius 3 is 2.85 bits per heavy atom. The number of aromatic nitrogens is 4. The highest BCUT2D eigenvalue weighted by atomic mass is 79.9. The van der Waals surface area contributed by atoms with E-state index in [0.717, 1.165) is 32.5 Å². The number of halogens is 1. The molecule has 0 fully saturated rings.